The van der Waals surface area contributed by atoms with Gasteiger partial charge in [0.05, 0.1) is 17.7 Å². The quantitative estimate of drug-likeness (QED) is 0.495. The van der Waals surface area contributed by atoms with E-state index in [0.717, 1.165) is 37.2 Å². The number of rotatable bonds is 6. The number of hydrogen-bond acceptors (Lipinski definition) is 4. The van der Waals surface area contributed by atoms with E-state index in [9.17, 15) is 32.3 Å². The van der Waals surface area contributed by atoms with Crippen LogP contribution in [0.15, 0.2) is 42.5 Å². The number of hydrogen-bond donors (Lipinski definition) is 2. The molecule has 2 aromatic carbocycles. The Hall–Kier alpha value is -2.98. The van der Waals surface area contributed by atoms with Crippen LogP contribution in [-0.2, 0) is 22.3 Å². The van der Waals surface area contributed by atoms with E-state index in [0.29, 0.717) is 31.4 Å². The Morgan fingerprint density at radius 3 is 2.58 bits per heavy atom. The molecule has 2 aliphatic rings. The van der Waals surface area contributed by atoms with E-state index >= 15 is 0 Å². The van der Waals surface area contributed by atoms with Gasteiger partial charge in [-0.2, -0.15) is 13.2 Å². The number of likely N-dealkylation sites (tertiary alicyclic amines) is 1. The number of piperidine rings is 1. The van der Waals surface area contributed by atoms with E-state index in [1.807, 2.05) is 6.07 Å². The summed E-state index contributed by atoms with van der Waals surface area (Å²) in [6.07, 6.45) is -2.64. The van der Waals surface area contributed by atoms with Gasteiger partial charge in [0, 0.05) is 19.1 Å². The number of benzene rings is 2. The number of nitrogens with zero attached hydrogens (tertiary/aromatic N) is 1. The fraction of sp³-hybridized carbons (Fsp3) is 0.500. The molecule has 4 atom stereocenters. The van der Waals surface area contributed by atoms with Gasteiger partial charge in [0.15, 0.2) is 0 Å². The highest BCUT2D eigenvalue weighted by atomic mass is 19.4. The van der Waals surface area contributed by atoms with Gasteiger partial charge in [-0.3, -0.25) is 9.69 Å². The number of alkyl halides is 3. The summed E-state index contributed by atoms with van der Waals surface area (Å²) in [6.45, 7) is 5.56. The predicted molar refractivity (Wildman–Crippen MR) is 132 cm³/mol. The molecule has 2 heterocycles. The molecule has 2 saturated heterocycles. The second kappa shape index (κ2) is 11.0. The predicted octanol–water partition coefficient (Wildman–Crippen LogP) is 5.22. The van der Waals surface area contributed by atoms with Crippen LogP contribution in [0.2, 0.25) is 0 Å². The maximum Gasteiger partial charge on any atom is 0.416 e. The summed E-state index contributed by atoms with van der Waals surface area (Å²) < 4.78 is 58.6. The van der Waals surface area contributed by atoms with Crippen molar-refractivity contribution in [2.45, 2.75) is 63.4 Å². The van der Waals surface area contributed by atoms with Crippen LogP contribution < -0.4 is 5.32 Å². The van der Waals surface area contributed by atoms with Crippen LogP contribution in [0, 0.1) is 11.7 Å². The molecule has 10 heteroatoms. The van der Waals surface area contributed by atoms with Crippen LogP contribution >= 0.6 is 0 Å². The van der Waals surface area contributed by atoms with Gasteiger partial charge in [0.2, 0.25) is 0 Å². The zero-order valence-corrected chi connectivity index (χ0v) is 21.4. The van der Waals surface area contributed by atoms with E-state index in [1.54, 1.807) is 25.1 Å². The van der Waals surface area contributed by atoms with Gasteiger partial charge < -0.3 is 15.2 Å². The van der Waals surface area contributed by atoms with Crippen LogP contribution in [0.3, 0.4) is 0 Å². The largest absolute Gasteiger partial charge is 0.478 e. The molecule has 0 unspecified atom stereocenters. The van der Waals surface area contributed by atoms with E-state index in [4.69, 9.17) is 4.74 Å². The second-order valence-corrected chi connectivity index (χ2v) is 10.6. The molecule has 0 saturated carbocycles. The molecule has 1 amide bonds. The van der Waals surface area contributed by atoms with Gasteiger partial charge in [-0.1, -0.05) is 19.1 Å². The van der Waals surface area contributed by atoms with Crippen molar-refractivity contribution in [3.05, 3.63) is 70.5 Å². The smallest absolute Gasteiger partial charge is 0.416 e. The zero-order valence-electron chi connectivity index (χ0n) is 21.4. The first-order valence-electron chi connectivity index (χ1n) is 12.7. The highest BCUT2D eigenvalue weighted by molar-refractivity contribution is 5.87. The first-order valence-corrected chi connectivity index (χ1v) is 12.7. The topological polar surface area (TPSA) is 78.9 Å². The van der Waals surface area contributed by atoms with Crippen molar-refractivity contribution in [1.29, 1.82) is 0 Å². The monoisotopic (exact) mass is 536 g/mol. The minimum Gasteiger partial charge on any atom is -0.478 e. The Morgan fingerprint density at radius 2 is 1.95 bits per heavy atom. The van der Waals surface area contributed by atoms with E-state index in [2.05, 4.69) is 17.1 Å². The first-order chi connectivity index (χ1) is 17.9. The molecule has 2 aromatic rings. The van der Waals surface area contributed by atoms with Crippen LogP contribution in [0.1, 0.15) is 66.1 Å². The molecule has 0 spiro atoms. The Bertz CT molecular complexity index is 1180. The van der Waals surface area contributed by atoms with Crippen LogP contribution in [-0.4, -0.2) is 53.2 Å². The number of aromatic carboxylic acids is 1. The highest BCUT2D eigenvalue weighted by Crippen LogP contribution is 2.36. The van der Waals surface area contributed by atoms with Gasteiger partial charge in [0.25, 0.3) is 5.91 Å². The summed E-state index contributed by atoms with van der Waals surface area (Å²) in [5.74, 6) is -1.84. The summed E-state index contributed by atoms with van der Waals surface area (Å²) in [5, 5.41) is 11.9. The van der Waals surface area contributed by atoms with Crippen molar-refractivity contribution >= 4 is 11.9 Å². The van der Waals surface area contributed by atoms with Crippen molar-refractivity contribution < 1.29 is 37.0 Å². The SMILES string of the molecule is C[C@@H]1CN([C@@H]2CC[C@](C)(C(=O)NCc3cc(F)cc(C(F)(F)F)c3)OC2)CC[C@H]1c1cccc(C(=O)O)c1. The minimum atomic E-state index is -4.68. The number of carbonyl (C=O) groups excluding carboxylic acids is 1. The Labute approximate surface area is 219 Å². The summed E-state index contributed by atoms with van der Waals surface area (Å²) >= 11 is 0. The number of nitrogens with one attached hydrogen (secondary N) is 1. The van der Waals surface area contributed by atoms with Gasteiger partial charge in [-0.15, -0.1) is 0 Å². The molecule has 0 radical (unpaired) electrons. The average Bonchev–Trinajstić information content (AvgIpc) is 2.87. The van der Waals surface area contributed by atoms with Crippen LogP contribution in [0.5, 0.6) is 0 Å². The molecule has 2 aliphatic heterocycles. The number of carboxylic acids is 1. The fourth-order valence-electron chi connectivity index (χ4n) is 5.54. The minimum absolute atomic E-state index is 0.0220. The van der Waals surface area contributed by atoms with Gasteiger partial charge in [0.1, 0.15) is 11.4 Å². The van der Waals surface area contributed by atoms with Gasteiger partial charge >= 0.3 is 12.1 Å². The third-order valence-electron chi connectivity index (χ3n) is 7.78. The molecule has 206 valence electrons. The van der Waals surface area contributed by atoms with Crippen LogP contribution in [0.4, 0.5) is 17.6 Å². The van der Waals surface area contributed by atoms with E-state index < -0.39 is 35.0 Å². The Balaban J connectivity index is 1.30. The Morgan fingerprint density at radius 1 is 1.18 bits per heavy atom. The second-order valence-electron chi connectivity index (χ2n) is 10.6. The van der Waals surface area contributed by atoms with Crippen molar-refractivity contribution in [3.8, 4) is 0 Å². The third-order valence-corrected chi connectivity index (χ3v) is 7.78. The number of carbonyl (C=O) groups is 2. The lowest BCUT2D eigenvalue weighted by molar-refractivity contribution is -0.157. The molecule has 2 N–H and O–H groups in total. The number of halogens is 4. The third kappa shape index (κ3) is 6.35. The summed E-state index contributed by atoms with van der Waals surface area (Å²) in [6, 6.07) is 9.45. The lowest BCUT2D eigenvalue weighted by atomic mass is 9.80. The van der Waals surface area contributed by atoms with Gasteiger partial charge in [-0.05, 0) is 86.0 Å². The van der Waals surface area contributed by atoms with E-state index in [-0.39, 0.29) is 29.6 Å². The summed E-state index contributed by atoms with van der Waals surface area (Å²) in [5.41, 5.74) is -0.890. The molecule has 0 aliphatic carbocycles. The van der Waals surface area contributed by atoms with Crippen molar-refractivity contribution in [3.63, 3.8) is 0 Å². The molecular formula is C28H32F4N2O4. The first kappa shape index (κ1) is 28.0. The van der Waals surface area contributed by atoms with E-state index in [1.165, 1.54) is 0 Å². The fourth-order valence-corrected chi connectivity index (χ4v) is 5.54. The molecule has 0 aromatic heterocycles. The maximum absolute atomic E-state index is 13.7. The lowest BCUT2D eigenvalue weighted by Crippen LogP contribution is -2.55. The average molecular weight is 537 g/mol. The molecule has 0 bridgehead atoms. The molecule has 38 heavy (non-hydrogen) atoms. The Kier molecular flexibility index (Phi) is 8.13. The molecular weight excluding hydrogens is 504 g/mol. The number of carboxylic acid groups (broad SMARTS) is 1. The molecule has 2 fully saturated rings. The zero-order chi connectivity index (χ0) is 27.7. The van der Waals surface area contributed by atoms with Crippen LogP contribution in [0.25, 0.3) is 0 Å². The standard InChI is InChI=1S/C28H32F4N2O4/c1-17-15-34(9-7-24(17)19-4-3-5-20(12-19)25(35)36)23-6-8-27(2,38-16-23)26(37)33-14-18-10-21(28(30,31)32)13-22(29)11-18/h3-5,10-13,17,23-24H,6-9,14-16H2,1-2H3,(H,33,37)(H,35,36)/t17-,23-,24-,27-/m1/s1. The van der Waals surface area contributed by atoms with Crippen molar-refractivity contribution in [2.24, 2.45) is 5.92 Å². The van der Waals surface area contributed by atoms with Crippen molar-refractivity contribution in [2.75, 3.05) is 19.7 Å². The van der Waals surface area contributed by atoms with Gasteiger partial charge in [-0.25, -0.2) is 9.18 Å². The lowest BCUT2D eigenvalue weighted by Gasteiger charge is -2.45. The number of amides is 1. The summed E-state index contributed by atoms with van der Waals surface area (Å²) in [7, 11) is 0. The van der Waals surface area contributed by atoms with Crippen molar-refractivity contribution in [1.82, 2.24) is 10.2 Å². The highest BCUT2D eigenvalue weighted by Gasteiger charge is 2.41. The summed E-state index contributed by atoms with van der Waals surface area (Å²) in [4.78, 5) is 26.6. The maximum atomic E-state index is 13.7. The number of ether oxygens (including phenoxy) is 1. The molecule has 6 nitrogen and oxygen atoms in total. The molecule has 4 rings (SSSR count). The normalized spacial score (nSPS) is 26.6.